The van der Waals surface area contributed by atoms with Gasteiger partial charge in [-0.15, -0.1) is 0 Å². The lowest BCUT2D eigenvalue weighted by atomic mass is 9.84. The number of nitrogens with zero attached hydrogens (tertiary/aromatic N) is 2. The number of alkyl halides is 3. The van der Waals surface area contributed by atoms with E-state index in [0.717, 1.165) is 17.1 Å². The highest BCUT2D eigenvalue weighted by Gasteiger charge is 2.50. The van der Waals surface area contributed by atoms with Crippen molar-refractivity contribution in [3.05, 3.63) is 42.0 Å². The van der Waals surface area contributed by atoms with Gasteiger partial charge in [0.1, 0.15) is 0 Å². The Morgan fingerprint density at radius 3 is 2.48 bits per heavy atom. The number of halogens is 3. The van der Waals surface area contributed by atoms with E-state index < -0.39 is 36.2 Å². The van der Waals surface area contributed by atoms with Crippen LogP contribution in [-0.4, -0.2) is 34.1 Å². The molecule has 0 bridgehead atoms. The molecule has 9 heteroatoms. The van der Waals surface area contributed by atoms with E-state index in [1.165, 1.54) is 0 Å². The van der Waals surface area contributed by atoms with Gasteiger partial charge in [0.15, 0.2) is 0 Å². The normalized spacial score (nSPS) is 20.3. The van der Waals surface area contributed by atoms with Gasteiger partial charge in [-0.25, -0.2) is 4.98 Å². The minimum atomic E-state index is -4.61. The van der Waals surface area contributed by atoms with Crippen LogP contribution in [0.5, 0.6) is 0 Å². The van der Waals surface area contributed by atoms with Crippen LogP contribution in [0.3, 0.4) is 0 Å². The van der Waals surface area contributed by atoms with Crippen LogP contribution < -0.4 is 10.6 Å². The minimum Gasteiger partial charge on any atom is -0.355 e. The number of amides is 2. The van der Waals surface area contributed by atoms with E-state index in [4.69, 9.17) is 0 Å². The van der Waals surface area contributed by atoms with Crippen molar-refractivity contribution in [3.8, 4) is 5.69 Å². The molecule has 1 aromatic heterocycles. The molecule has 1 aromatic carbocycles. The number of piperidine rings is 1. The molecule has 2 heterocycles. The number of rotatable bonds is 3. The second-order valence-corrected chi connectivity index (χ2v) is 6.58. The Hall–Kier alpha value is -2.84. The van der Waals surface area contributed by atoms with E-state index in [9.17, 15) is 22.8 Å². The fraction of sp³-hybridized carbons (Fsp3) is 0.389. The third-order valence-corrected chi connectivity index (χ3v) is 4.83. The fourth-order valence-corrected chi connectivity index (χ4v) is 3.10. The Morgan fingerprint density at radius 2 is 1.93 bits per heavy atom. The summed E-state index contributed by atoms with van der Waals surface area (Å²) in [6.07, 6.45) is -3.67. The van der Waals surface area contributed by atoms with Crippen LogP contribution >= 0.6 is 0 Å². The number of carbonyl (C=O) groups is 2. The smallest absolute Gasteiger partial charge is 0.355 e. The molecular weight excluding hydrogens is 361 g/mol. The molecule has 2 atom stereocenters. The number of hydrogen-bond acceptors (Lipinski definition) is 3. The maximum absolute atomic E-state index is 13.2. The van der Waals surface area contributed by atoms with Crippen molar-refractivity contribution >= 4 is 17.5 Å². The van der Waals surface area contributed by atoms with Gasteiger partial charge in [0.2, 0.25) is 11.8 Å². The SMILES string of the molecule is Cc1ncn(-c2ccc(NC(=O)C3CNC(=O)CC3C(F)(F)F)cc2)c1C. The maximum Gasteiger partial charge on any atom is 0.393 e. The van der Waals surface area contributed by atoms with Gasteiger partial charge in [0.05, 0.1) is 23.9 Å². The Balaban J connectivity index is 1.73. The Kier molecular flexibility index (Phi) is 4.95. The number of anilines is 1. The Bertz CT molecular complexity index is 858. The highest BCUT2D eigenvalue weighted by atomic mass is 19.4. The van der Waals surface area contributed by atoms with Gasteiger partial charge in [0, 0.05) is 30.0 Å². The lowest BCUT2D eigenvalue weighted by molar-refractivity contribution is -0.197. The molecule has 0 radical (unpaired) electrons. The lowest BCUT2D eigenvalue weighted by Gasteiger charge is -2.31. The zero-order chi connectivity index (χ0) is 19.8. The van der Waals surface area contributed by atoms with E-state index in [0.29, 0.717) is 5.69 Å². The molecule has 2 unspecified atom stereocenters. The van der Waals surface area contributed by atoms with E-state index >= 15 is 0 Å². The van der Waals surface area contributed by atoms with Gasteiger partial charge in [-0.05, 0) is 38.1 Å². The van der Waals surface area contributed by atoms with Crippen molar-refractivity contribution in [2.24, 2.45) is 11.8 Å². The van der Waals surface area contributed by atoms with E-state index in [1.807, 2.05) is 18.4 Å². The van der Waals surface area contributed by atoms with E-state index in [-0.39, 0.29) is 6.54 Å². The van der Waals surface area contributed by atoms with E-state index in [1.54, 1.807) is 30.6 Å². The van der Waals surface area contributed by atoms with Gasteiger partial charge in [-0.2, -0.15) is 13.2 Å². The van der Waals surface area contributed by atoms with Crippen molar-refractivity contribution in [1.29, 1.82) is 0 Å². The Morgan fingerprint density at radius 1 is 1.26 bits per heavy atom. The molecule has 2 amide bonds. The number of imidazole rings is 1. The number of benzene rings is 1. The van der Waals surface area contributed by atoms with Crippen LogP contribution in [-0.2, 0) is 9.59 Å². The highest BCUT2D eigenvalue weighted by Crippen LogP contribution is 2.37. The second-order valence-electron chi connectivity index (χ2n) is 6.58. The first-order chi connectivity index (χ1) is 12.7. The first-order valence-electron chi connectivity index (χ1n) is 8.42. The van der Waals surface area contributed by atoms with Crippen LogP contribution in [0.4, 0.5) is 18.9 Å². The van der Waals surface area contributed by atoms with Crippen LogP contribution in [0.15, 0.2) is 30.6 Å². The maximum atomic E-state index is 13.2. The summed E-state index contributed by atoms with van der Waals surface area (Å²) < 4.78 is 41.4. The van der Waals surface area contributed by atoms with Crippen LogP contribution in [0, 0.1) is 25.7 Å². The van der Waals surface area contributed by atoms with Gasteiger partial charge < -0.3 is 15.2 Å². The predicted octanol–water partition coefficient (Wildman–Crippen LogP) is 2.74. The minimum absolute atomic E-state index is 0.333. The van der Waals surface area contributed by atoms with Gasteiger partial charge in [0.25, 0.3) is 0 Å². The number of nitrogens with one attached hydrogen (secondary N) is 2. The Labute approximate surface area is 153 Å². The number of carbonyl (C=O) groups excluding carboxylic acids is 2. The summed E-state index contributed by atoms with van der Waals surface area (Å²) in [7, 11) is 0. The monoisotopic (exact) mass is 380 g/mol. The van der Waals surface area contributed by atoms with Crippen molar-refractivity contribution in [2.75, 3.05) is 11.9 Å². The first-order valence-corrected chi connectivity index (χ1v) is 8.42. The molecule has 1 aliphatic heterocycles. The van der Waals surface area contributed by atoms with Crippen molar-refractivity contribution in [1.82, 2.24) is 14.9 Å². The summed E-state index contributed by atoms with van der Waals surface area (Å²) in [5, 5.41) is 4.84. The summed E-state index contributed by atoms with van der Waals surface area (Å²) in [5.74, 6) is -4.81. The van der Waals surface area contributed by atoms with Crippen molar-refractivity contribution in [3.63, 3.8) is 0 Å². The molecule has 0 saturated carbocycles. The zero-order valence-electron chi connectivity index (χ0n) is 14.8. The second kappa shape index (κ2) is 7.05. The quantitative estimate of drug-likeness (QED) is 0.860. The number of aromatic nitrogens is 2. The third-order valence-electron chi connectivity index (χ3n) is 4.83. The summed E-state index contributed by atoms with van der Waals surface area (Å²) >= 11 is 0. The molecule has 2 aromatic rings. The molecule has 1 fully saturated rings. The van der Waals surface area contributed by atoms with Crippen molar-refractivity contribution < 1.29 is 22.8 Å². The third kappa shape index (κ3) is 3.96. The van der Waals surface area contributed by atoms with Crippen LogP contribution in [0.2, 0.25) is 0 Å². The number of aryl methyl sites for hydroxylation is 1. The fourth-order valence-electron chi connectivity index (χ4n) is 3.10. The molecule has 0 spiro atoms. The molecule has 27 heavy (non-hydrogen) atoms. The standard InChI is InChI=1S/C18H19F3N4O2/c1-10-11(2)25(9-23-10)13-5-3-12(4-6-13)24-17(27)14-8-22-16(26)7-15(14)18(19,20)21/h3-6,9,14-15H,7-8H2,1-2H3,(H,22,26)(H,24,27). The highest BCUT2D eigenvalue weighted by molar-refractivity contribution is 5.94. The molecule has 0 aliphatic carbocycles. The summed E-state index contributed by atoms with van der Waals surface area (Å²) in [5.41, 5.74) is 3.07. The molecule has 6 nitrogen and oxygen atoms in total. The van der Waals surface area contributed by atoms with Gasteiger partial charge in [-0.3, -0.25) is 9.59 Å². The van der Waals surface area contributed by atoms with Crippen LogP contribution in [0.1, 0.15) is 17.8 Å². The molecule has 1 aliphatic rings. The van der Waals surface area contributed by atoms with Crippen molar-refractivity contribution in [2.45, 2.75) is 26.4 Å². The lowest BCUT2D eigenvalue weighted by Crippen LogP contribution is -2.50. The molecular formula is C18H19F3N4O2. The summed E-state index contributed by atoms with van der Waals surface area (Å²) in [6, 6.07) is 6.72. The largest absolute Gasteiger partial charge is 0.393 e. The molecule has 3 rings (SSSR count). The van der Waals surface area contributed by atoms with Gasteiger partial charge >= 0.3 is 6.18 Å². The average molecular weight is 380 g/mol. The van der Waals surface area contributed by atoms with Crippen LogP contribution in [0.25, 0.3) is 5.69 Å². The first kappa shape index (κ1) is 18.9. The topological polar surface area (TPSA) is 76.0 Å². The summed E-state index contributed by atoms with van der Waals surface area (Å²) in [6.45, 7) is 3.48. The average Bonchev–Trinajstić information content (AvgIpc) is 2.94. The molecule has 144 valence electrons. The van der Waals surface area contributed by atoms with E-state index in [2.05, 4.69) is 15.6 Å². The molecule has 2 N–H and O–H groups in total. The zero-order valence-corrected chi connectivity index (χ0v) is 14.8. The molecule has 1 saturated heterocycles. The number of hydrogen-bond donors (Lipinski definition) is 2. The predicted molar refractivity (Wildman–Crippen MR) is 92.3 cm³/mol. The summed E-state index contributed by atoms with van der Waals surface area (Å²) in [4.78, 5) is 27.9. The van der Waals surface area contributed by atoms with Gasteiger partial charge in [-0.1, -0.05) is 0 Å².